The van der Waals surface area contributed by atoms with Crippen molar-refractivity contribution in [3.8, 4) is 0 Å². The van der Waals surface area contributed by atoms with Crippen molar-refractivity contribution in [2.75, 3.05) is 6.61 Å². The third-order valence-corrected chi connectivity index (χ3v) is 5.31. The molecular weight excluding hydrogens is 336 g/mol. The number of esters is 1. The van der Waals surface area contributed by atoms with Crippen LogP contribution in [-0.2, 0) is 14.3 Å². The van der Waals surface area contributed by atoms with Gasteiger partial charge in [0, 0.05) is 19.3 Å². The van der Waals surface area contributed by atoms with Crippen LogP contribution < -0.4 is 0 Å². The van der Waals surface area contributed by atoms with Gasteiger partial charge in [-0.25, -0.2) is 0 Å². The molecule has 0 aliphatic carbocycles. The van der Waals surface area contributed by atoms with Gasteiger partial charge in [0.1, 0.15) is 5.78 Å². The number of ether oxygens (including phenoxy) is 1. The van der Waals surface area contributed by atoms with Gasteiger partial charge in [-0.2, -0.15) is 0 Å². The summed E-state index contributed by atoms with van der Waals surface area (Å²) in [5.41, 5.74) is 0. The Morgan fingerprint density at radius 3 is 1.85 bits per heavy atom. The lowest BCUT2D eigenvalue weighted by Crippen LogP contribution is -2.15. The van der Waals surface area contributed by atoms with Crippen LogP contribution in [0.25, 0.3) is 0 Å². The van der Waals surface area contributed by atoms with Crippen molar-refractivity contribution in [3.05, 3.63) is 0 Å². The predicted octanol–water partition coefficient (Wildman–Crippen LogP) is 7.41. The van der Waals surface area contributed by atoms with Crippen LogP contribution in [0, 0.1) is 5.92 Å². The fourth-order valence-corrected chi connectivity index (χ4v) is 3.43. The molecule has 0 bridgehead atoms. The highest BCUT2D eigenvalue weighted by Crippen LogP contribution is 2.18. The Labute approximate surface area is 169 Å². The molecule has 0 radical (unpaired) electrons. The molecule has 1 atom stereocenters. The van der Waals surface area contributed by atoms with E-state index in [4.69, 9.17) is 4.74 Å². The quantitative estimate of drug-likeness (QED) is 0.163. The Hall–Kier alpha value is -0.860. The fourth-order valence-electron chi connectivity index (χ4n) is 3.43. The van der Waals surface area contributed by atoms with Gasteiger partial charge < -0.3 is 4.74 Å². The summed E-state index contributed by atoms with van der Waals surface area (Å²) in [4.78, 5) is 23.8. The lowest BCUT2D eigenvalue weighted by molar-refractivity contribution is -0.145. The lowest BCUT2D eigenvalue weighted by Gasteiger charge is -2.16. The second-order valence-corrected chi connectivity index (χ2v) is 8.10. The largest absolute Gasteiger partial charge is 0.465 e. The molecule has 0 aromatic heterocycles. The van der Waals surface area contributed by atoms with E-state index in [1.807, 2.05) is 0 Å². The Balaban J connectivity index is 3.81. The van der Waals surface area contributed by atoms with Crippen LogP contribution in [0.2, 0.25) is 0 Å². The van der Waals surface area contributed by atoms with Gasteiger partial charge in [-0.05, 0) is 31.6 Å². The molecule has 0 N–H and O–H groups in total. The van der Waals surface area contributed by atoms with Crippen molar-refractivity contribution in [1.82, 2.24) is 0 Å². The van der Waals surface area contributed by atoms with E-state index in [2.05, 4.69) is 20.8 Å². The Morgan fingerprint density at radius 2 is 1.19 bits per heavy atom. The first-order chi connectivity index (χ1) is 13.1. The molecule has 0 aliphatic rings. The molecule has 0 fully saturated rings. The number of rotatable bonds is 20. The van der Waals surface area contributed by atoms with Gasteiger partial charge >= 0.3 is 5.97 Å². The number of hydrogen-bond acceptors (Lipinski definition) is 3. The number of carbonyl (C=O) groups excluding carboxylic acids is 2. The molecule has 160 valence electrons. The van der Waals surface area contributed by atoms with E-state index in [1.54, 1.807) is 0 Å². The summed E-state index contributed by atoms with van der Waals surface area (Å²) in [6, 6.07) is 0. The summed E-state index contributed by atoms with van der Waals surface area (Å²) >= 11 is 0. The Kier molecular flexibility index (Phi) is 19.3. The summed E-state index contributed by atoms with van der Waals surface area (Å²) in [5, 5.41) is 0. The van der Waals surface area contributed by atoms with Crippen molar-refractivity contribution in [3.63, 3.8) is 0 Å². The van der Waals surface area contributed by atoms with Gasteiger partial charge in [0.15, 0.2) is 0 Å². The third-order valence-electron chi connectivity index (χ3n) is 5.31. The summed E-state index contributed by atoms with van der Waals surface area (Å²) in [6.07, 6.45) is 17.9. The van der Waals surface area contributed by atoms with Crippen molar-refractivity contribution in [2.45, 2.75) is 130 Å². The van der Waals surface area contributed by atoms with Crippen molar-refractivity contribution in [1.29, 1.82) is 0 Å². The average molecular weight is 383 g/mol. The first-order valence-corrected chi connectivity index (χ1v) is 11.8. The SMILES string of the molecule is CCCCCCCC(=O)CCCC(=O)OCC(CCCC)CCCCCC. The summed E-state index contributed by atoms with van der Waals surface area (Å²) < 4.78 is 5.52. The van der Waals surface area contributed by atoms with Gasteiger partial charge in [0.2, 0.25) is 0 Å². The van der Waals surface area contributed by atoms with E-state index in [0.29, 0.717) is 44.0 Å². The van der Waals surface area contributed by atoms with E-state index >= 15 is 0 Å². The molecule has 0 rings (SSSR count). The number of Topliss-reactive ketones (excluding diaryl/α,β-unsaturated/α-hetero) is 1. The minimum absolute atomic E-state index is 0.124. The second kappa shape index (κ2) is 19.9. The normalized spacial score (nSPS) is 12.1. The van der Waals surface area contributed by atoms with E-state index in [1.165, 1.54) is 64.2 Å². The van der Waals surface area contributed by atoms with E-state index in [-0.39, 0.29) is 5.97 Å². The van der Waals surface area contributed by atoms with Gasteiger partial charge in [0.05, 0.1) is 6.61 Å². The van der Waals surface area contributed by atoms with Crippen LogP contribution in [-0.4, -0.2) is 18.4 Å². The van der Waals surface area contributed by atoms with Crippen LogP contribution >= 0.6 is 0 Å². The maximum atomic E-state index is 12.0. The van der Waals surface area contributed by atoms with E-state index in [9.17, 15) is 9.59 Å². The first kappa shape index (κ1) is 26.1. The molecule has 0 saturated carbocycles. The highest BCUT2D eigenvalue weighted by molar-refractivity contribution is 5.79. The minimum atomic E-state index is -0.124. The first-order valence-electron chi connectivity index (χ1n) is 11.8. The zero-order valence-electron chi connectivity index (χ0n) is 18.5. The molecule has 0 aliphatic heterocycles. The highest BCUT2D eigenvalue weighted by Gasteiger charge is 2.12. The van der Waals surface area contributed by atoms with Gasteiger partial charge in [-0.15, -0.1) is 0 Å². The molecule has 0 saturated heterocycles. The lowest BCUT2D eigenvalue weighted by atomic mass is 9.96. The zero-order chi connectivity index (χ0) is 20.2. The molecule has 0 heterocycles. The van der Waals surface area contributed by atoms with Crippen LogP contribution in [0.4, 0.5) is 0 Å². The number of ketones is 1. The molecule has 0 spiro atoms. The predicted molar refractivity (Wildman–Crippen MR) is 115 cm³/mol. The van der Waals surface area contributed by atoms with Crippen LogP contribution in [0.1, 0.15) is 130 Å². The minimum Gasteiger partial charge on any atom is -0.465 e. The summed E-state index contributed by atoms with van der Waals surface area (Å²) in [7, 11) is 0. The van der Waals surface area contributed by atoms with Gasteiger partial charge in [-0.1, -0.05) is 85.0 Å². The standard InChI is InChI=1S/C24H46O3/c1-4-7-10-12-14-18-23(25)19-15-20-24(26)27-21-22(16-9-6-3)17-13-11-8-5-2/h22H,4-21H2,1-3H3. The molecule has 1 unspecified atom stereocenters. The maximum Gasteiger partial charge on any atom is 0.305 e. The molecule has 0 aromatic carbocycles. The third kappa shape index (κ3) is 18.3. The topological polar surface area (TPSA) is 43.4 Å². The molecule has 0 aromatic rings. The van der Waals surface area contributed by atoms with E-state index in [0.717, 1.165) is 19.3 Å². The van der Waals surface area contributed by atoms with Crippen LogP contribution in [0.3, 0.4) is 0 Å². The Bertz CT molecular complexity index is 352. The molecule has 3 heteroatoms. The van der Waals surface area contributed by atoms with Crippen molar-refractivity contribution >= 4 is 11.8 Å². The van der Waals surface area contributed by atoms with Crippen LogP contribution in [0.15, 0.2) is 0 Å². The van der Waals surface area contributed by atoms with Crippen molar-refractivity contribution < 1.29 is 14.3 Å². The van der Waals surface area contributed by atoms with Gasteiger partial charge in [-0.3, -0.25) is 9.59 Å². The number of hydrogen-bond donors (Lipinski definition) is 0. The number of carbonyl (C=O) groups is 2. The van der Waals surface area contributed by atoms with E-state index < -0.39 is 0 Å². The number of unbranched alkanes of at least 4 members (excludes halogenated alkanes) is 8. The molecule has 0 amide bonds. The molecule has 3 nitrogen and oxygen atoms in total. The summed E-state index contributed by atoms with van der Waals surface area (Å²) in [6.45, 7) is 7.20. The Morgan fingerprint density at radius 1 is 0.630 bits per heavy atom. The second-order valence-electron chi connectivity index (χ2n) is 8.10. The van der Waals surface area contributed by atoms with Crippen molar-refractivity contribution in [2.24, 2.45) is 5.92 Å². The maximum absolute atomic E-state index is 12.0. The highest BCUT2D eigenvalue weighted by atomic mass is 16.5. The summed E-state index contributed by atoms with van der Waals surface area (Å²) in [5.74, 6) is 0.687. The smallest absolute Gasteiger partial charge is 0.305 e. The molecular formula is C24H46O3. The molecule has 27 heavy (non-hydrogen) atoms. The fraction of sp³-hybridized carbons (Fsp3) is 0.917. The average Bonchev–Trinajstić information content (AvgIpc) is 2.66. The zero-order valence-corrected chi connectivity index (χ0v) is 18.5. The van der Waals surface area contributed by atoms with Crippen LogP contribution in [0.5, 0.6) is 0 Å². The monoisotopic (exact) mass is 382 g/mol. The van der Waals surface area contributed by atoms with Gasteiger partial charge in [0.25, 0.3) is 0 Å².